The molecule has 0 aliphatic heterocycles. The molecule has 19 heavy (non-hydrogen) atoms. The number of nitrogens with zero attached hydrogens (tertiary/aromatic N) is 1. The Morgan fingerprint density at radius 2 is 1.63 bits per heavy atom. The molecule has 3 rings (SSSR count). The third-order valence-electron chi connectivity index (χ3n) is 3.14. The van der Waals surface area contributed by atoms with Gasteiger partial charge in [0.25, 0.3) is 0 Å². The summed E-state index contributed by atoms with van der Waals surface area (Å²) < 4.78 is 1.69. The lowest BCUT2D eigenvalue weighted by molar-refractivity contribution is 0.992. The summed E-state index contributed by atoms with van der Waals surface area (Å²) in [5.74, 6) is 0. The van der Waals surface area contributed by atoms with Gasteiger partial charge < -0.3 is 4.98 Å². The van der Waals surface area contributed by atoms with Gasteiger partial charge in [-0.1, -0.05) is 48.0 Å². The third-order valence-corrected chi connectivity index (χ3v) is 3.14. The van der Waals surface area contributed by atoms with E-state index in [-0.39, 0.29) is 5.69 Å². The Hall–Kier alpha value is -2.55. The van der Waals surface area contributed by atoms with Crippen LogP contribution in [0.2, 0.25) is 0 Å². The summed E-state index contributed by atoms with van der Waals surface area (Å²) in [6.45, 7) is 2.03. The Morgan fingerprint density at radius 3 is 2.32 bits per heavy atom. The Morgan fingerprint density at radius 1 is 0.947 bits per heavy atom. The molecule has 0 spiro atoms. The van der Waals surface area contributed by atoms with Gasteiger partial charge in [0.15, 0.2) is 0 Å². The van der Waals surface area contributed by atoms with Crippen LogP contribution in [0.4, 0.5) is 0 Å². The number of hydrogen-bond donors (Lipinski definition) is 1. The lowest BCUT2D eigenvalue weighted by Crippen LogP contribution is -2.15. The van der Waals surface area contributed by atoms with Crippen LogP contribution in [0.3, 0.4) is 0 Å². The molecule has 2 aromatic carbocycles. The minimum Gasteiger partial charge on any atom is -0.312 e. The van der Waals surface area contributed by atoms with Crippen molar-refractivity contribution in [3.63, 3.8) is 0 Å². The Bertz CT molecular complexity index is 736. The van der Waals surface area contributed by atoms with Gasteiger partial charge in [-0.25, -0.2) is 4.79 Å². The molecule has 0 unspecified atom stereocenters. The number of imidazole rings is 1. The number of benzene rings is 2. The predicted molar refractivity (Wildman–Crippen MR) is 76.6 cm³/mol. The van der Waals surface area contributed by atoms with Crippen molar-refractivity contribution in [3.05, 3.63) is 76.8 Å². The first kappa shape index (κ1) is 11.5. The highest BCUT2D eigenvalue weighted by Gasteiger charge is 2.09. The summed E-state index contributed by atoms with van der Waals surface area (Å²) in [5.41, 5.74) is 3.81. The molecule has 0 saturated carbocycles. The largest absolute Gasteiger partial charge is 0.330 e. The van der Waals surface area contributed by atoms with Crippen molar-refractivity contribution in [1.82, 2.24) is 9.55 Å². The fourth-order valence-corrected chi connectivity index (χ4v) is 2.14. The van der Waals surface area contributed by atoms with Gasteiger partial charge in [0.2, 0.25) is 0 Å². The Balaban J connectivity index is 2.19. The van der Waals surface area contributed by atoms with Crippen molar-refractivity contribution in [3.8, 4) is 16.9 Å². The summed E-state index contributed by atoms with van der Waals surface area (Å²) in [7, 11) is 0. The van der Waals surface area contributed by atoms with Crippen molar-refractivity contribution in [2.24, 2.45) is 0 Å². The van der Waals surface area contributed by atoms with Crippen molar-refractivity contribution in [2.45, 2.75) is 6.92 Å². The number of hydrogen-bond acceptors (Lipinski definition) is 1. The first-order chi connectivity index (χ1) is 9.25. The number of nitrogens with one attached hydrogen (secondary N) is 1. The van der Waals surface area contributed by atoms with E-state index in [4.69, 9.17) is 0 Å². The number of aromatic nitrogens is 2. The molecule has 0 bridgehead atoms. The van der Waals surface area contributed by atoms with Gasteiger partial charge in [0.1, 0.15) is 0 Å². The van der Waals surface area contributed by atoms with E-state index >= 15 is 0 Å². The van der Waals surface area contributed by atoms with E-state index in [1.165, 1.54) is 5.56 Å². The normalized spacial score (nSPS) is 10.6. The lowest BCUT2D eigenvalue weighted by atomic mass is 10.1. The van der Waals surface area contributed by atoms with E-state index in [1.54, 1.807) is 10.8 Å². The SMILES string of the molecule is Cc1ccc(-n2c(-c3ccccc3)c[nH]c2=O)cc1. The number of rotatable bonds is 2. The van der Waals surface area contributed by atoms with Gasteiger partial charge in [-0.15, -0.1) is 0 Å². The average molecular weight is 250 g/mol. The minimum atomic E-state index is -0.122. The molecule has 3 heteroatoms. The highest BCUT2D eigenvalue weighted by molar-refractivity contribution is 5.61. The van der Waals surface area contributed by atoms with Crippen molar-refractivity contribution in [1.29, 1.82) is 0 Å². The molecule has 1 heterocycles. The summed E-state index contributed by atoms with van der Waals surface area (Å²) >= 11 is 0. The third kappa shape index (κ3) is 2.10. The van der Waals surface area contributed by atoms with Gasteiger partial charge in [-0.3, -0.25) is 4.57 Å². The summed E-state index contributed by atoms with van der Waals surface area (Å²) in [4.78, 5) is 14.8. The molecule has 0 aliphatic rings. The number of aromatic amines is 1. The second-order valence-electron chi connectivity index (χ2n) is 4.52. The molecule has 0 fully saturated rings. The van der Waals surface area contributed by atoms with Crippen LogP contribution in [0, 0.1) is 6.92 Å². The maximum Gasteiger partial charge on any atom is 0.330 e. The second kappa shape index (κ2) is 4.61. The molecule has 0 amide bonds. The van der Waals surface area contributed by atoms with Gasteiger partial charge >= 0.3 is 5.69 Å². The molecule has 1 aromatic heterocycles. The molecular weight excluding hydrogens is 236 g/mol. The maximum absolute atomic E-state index is 12.0. The second-order valence-corrected chi connectivity index (χ2v) is 4.52. The summed E-state index contributed by atoms with van der Waals surface area (Å²) in [6, 6.07) is 17.8. The van der Waals surface area contributed by atoms with Crippen molar-refractivity contribution >= 4 is 0 Å². The lowest BCUT2D eigenvalue weighted by Gasteiger charge is -2.07. The smallest absolute Gasteiger partial charge is 0.312 e. The summed E-state index contributed by atoms with van der Waals surface area (Å²) in [6.07, 6.45) is 1.75. The molecule has 1 N–H and O–H groups in total. The van der Waals surface area contributed by atoms with E-state index < -0.39 is 0 Å². The minimum absolute atomic E-state index is 0.122. The monoisotopic (exact) mass is 250 g/mol. The van der Waals surface area contributed by atoms with E-state index in [1.807, 2.05) is 61.5 Å². The van der Waals surface area contributed by atoms with E-state index in [0.717, 1.165) is 16.9 Å². The number of H-pyrrole nitrogens is 1. The van der Waals surface area contributed by atoms with Gasteiger partial charge in [-0.05, 0) is 19.1 Å². The zero-order chi connectivity index (χ0) is 13.2. The molecular formula is C16H14N2O. The highest BCUT2D eigenvalue weighted by atomic mass is 16.1. The average Bonchev–Trinajstić information content (AvgIpc) is 2.83. The van der Waals surface area contributed by atoms with Gasteiger partial charge in [0.05, 0.1) is 11.4 Å². The Kier molecular flexibility index (Phi) is 2.80. The van der Waals surface area contributed by atoms with E-state index in [0.29, 0.717) is 0 Å². The van der Waals surface area contributed by atoms with Crippen LogP contribution in [0.15, 0.2) is 65.6 Å². The topological polar surface area (TPSA) is 37.8 Å². The molecule has 3 aromatic rings. The zero-order valence-corrected chi connectivity index (χ0v) is 10.6. The zero-order valence-electron chi connectivity index (χ0n) is 10.6. The van der Waals surface area contributed by atoms with Crippen LogP contribution in [0.1, 0.15) is 5.56 Å². The Labute approximate surface area is 111 Å². The van der Waals surface area contributed by atoms with Crippen LogP contribution in [-0.2, 0) is 0 Å². The van der Waals surface area contributed by atoms with Crippen LogP contribution < -0.4 is 5.69 Å². The quantitative estimate of drug-likeness (QED) is 0.745. The standard InChI is InChI=1S/C16H14N2O/c1-12-7-9-14(10-8-12)18-15(11-17-16(18)19)13-5-3-2-4-6-13/h2-11H,1H3,(H,17,19). The molecule has 3 nitrogen and oxygen atoms in total. The molecule has 0 atom stereocenters. The first-order valence-electron chi connectivity index (χ1n) is 6.18. The van der Waals surface area contributed by atoms with Gasteiger partial charge in [-0.2, -0.15) is 0 Å². The van der Waals surface area contributed by atoms with Crippen LogP contribution in [0.25, 0.3) is 16.9 Å². The van der Waals surface area contributed by atoms with Crippen molar-refractivity contribution < 1.29 is 0 Å². The summed E-state index contributed by atoms with van der Waals surface area (Å²) in [5, 5.41) is 0. The van der Waals surface area contributed by atoms with Crippen LogP contribution in [0.5, 0.6) is 0 Å². The molecule has 0 radical (unpaired) electrons. The molecule has 94 valence electrons. The van der Waals surface area contributed by atoms with E-state index in [2.05, 4.69) is 4.98 Å². The molecule has 0 saturated heterocycles. The maximum atomic E-state index is 12.0. The fraction of sp³-hybridized carbons (Fsp3) is 0.0625. The fourth-order valence-electron chi connectivity index (χ4n) is 2.14. The van der Waals surface area contributed by atoms with Gasteiger partial charge in [0, 0.05) is 11.8 Å². The van der Waals surface area contributed by atoms with Crippen LogP contribution in [-0.4, -0.2) is 9.55 Å². The van der Waals surface area contributed by atoms with Crippen molar-refractivity contribution in [2.75, 3.05) is 0 Å². The predicted octanol–water partition coefficient (Wildman–Crippen LogP) is 3.14. The molecule has 0 aliphatic carbocycles. The first-order valence-corrected chi connectivity index (χ1v) is 6.18. The highest BCUT2D eigenvalue weighted by Crippen LogP contribution is 2.20. The number of aryl methyl sites for hydroxylation is 1. The van der Waals surface area contributed by atoms with E-state index in [9.17, 15) is 4.79 Å². The van der Waals surface area contributed by atoms with Crippen LogP contribution >= 0.6 is 0 Å².